The molecule has 1 aromatic heterocycles. The molecular weight excluding hydrogens is 273 g/mol. The van der Waals surface area contributed by atoms with Gasteiger partial charge < -0.3 is 16.0 Å². The molecule has 0 atom stereocenters. The number of hydrogen-bond donors (Lipinski definition) is 2. The summed E-state index contributed by atoms with van der Waals surface area (Å²) in [6.45, 7) is 3.28. The van der Waals surface area contributed by atoms with Crippen LogP contribution in [0.2, 0.25) is 0 Å². The number of nitrogens with zero attached hydrogens (tertiary/aromatic N) is 2. The first-order valence-corrected chi connectivity index (χ1v) is 5.97. The average Bonchev–Trinajstić information content (AvgIpc) is 2.33. The predicted molar refractivity (Wildman–Crippen MR) is 70.5 cm³/mol. The molecule has 0 aliphatic rings. The normalized spacial score (nSPS) is 11.6. The SMILES string of the molecule is CNc1cc(C(F)(F)F)cc(N(CC(N)=O)C(C)C)n1. The first kappa shape index (κ1) is 16.1. The van der Waals surface area contributed by atoms with E-state index in [1.54, 1.807) is 13.8 Å². The molecule has 0 fully saturated rings. The quantitative estimate of drug-likeness (QED) is 0.868. The lowest BCUT2D eigenvalue weighted by molar-refractivity contribution is -0.137. The number of amides is 1. The van der Waals surface area contributed by atoms with Crippen LogP contribution in [-0.2, 0) is 11.0 Å². The van der Waals surface area contributed by atoms with Gasteiger partial charge in [-0.15, -0.1) is 0 Å². The maximum atomic E-state index is 12.8. The van der Waals surface area contributed by atoms with Crippen LogP contribution in [-0.4, -0.2) is 30.5 Å². The van der Waals surface area contributed by atoms with E-state index >= 15 is 0 Å². The summed E-state index contributed by atoms with van der Waals surface area (Å²) >= 11 is 0. The number of carbonyl (C=O) groups excluding carboxylic acids is 1. The Kier molecular flexibility index (Phi) is 4.80. The summed E-state index contributed by atoms with van der Waals surface area (Å²) in [4.78, 5) is 16.5. The number of pyridine rings is 1. The monoisotopic (exact) mass is 290 g/mol. The second-order valence-electron chi connectivity index (χ2n) is 4.53. The van der Waals surface area contributed by atoms with Gasteiger partial charge in [0.05, 0.1) is 12.1 Å². The van der Waals surface area contributed by atoms with Crippen molar-refractivity contribution in [2.45, 2.75) is 26.1 Å². The zero-order valence-corrected chi connectivity index (χ0v) is 11.5. The van der Waals surface area contributed by atoms with Crippen molar-refractivity contribution >= 4 is 17.5 Å². The fourth-order valence-corrected chi connectivity index (χ4v) is 1.65. The maximum Gasteiger partial charge on any atom is 0.416 e. The molecule has 1 amide bonds. The third-order valence-corrected chi connectivity index (χ3v) is 2.64. The zero-order chi connectivity index (χ0) is 15.5. The first-order valence-electron chi connectivity index (χ1n) is 5.97. The number of anilines is 2. The van der Waals surface area contributed by atoms with Gasteiger partial charge in [0.2, 0.25) is 5.91 Å². The number of halogens is 3. The Bertz CT molecular complexity index is 488. The lowest BCUT2D eigenvalue weighted by Crippen LogP contribution is -2.39. The van der Waals surface area contributed by atoms with E-state index in [0.29, 0.717) is 0 Å². The van der Waals surface area contributed by atoms with E-state index in [4.69, 9.17) is 5.73 Å². The Morgan fingerprint density at radius 1 is 1.45 bits per heavy atom. The second kappa shape index (κ2) is 5.98. The minimum Gasteiger partial charge on any atom is -0.373 e. The van der Waals surface area contributed by atoms with Crippen molar-refractivity contribution in [1.82, 2.24) is 4.98 Å². The van der Waals surface area contributed by atoms with Gasteiger partial charge in [0.25, 0.3) is 0 Å². The minimum atomic E-state index is -4.49. The Morgan fingerprint density at radius 2 is 2.05 bits per heavy atom. The summed E-state index contributed by atoms with van der Waals surface area (Å²) in [5, 5.41) is 2.57. The fraction of sp³-hybridized carbons (Fsp3) is 0.500. The Morgan fingerprint density at radius 3 is 2.45 bits per heavy atom. The fourth-order valence-electron chi connectivity index (χ4n) is 1.65. The lowest BCUT2D eigenvalue weighted by Gasteiger charge is -2.27. The molecule has 0 aliphatic carbocycles. The van der Waals surface area contributed by atoms with E-state index in [1.807, 2.05) is 0 Å². The highest BCUT2D eigenvalue weighted by Gasteiger charge is 2.32. The van der Waals surface area contributed by atoms with Crippen molar-refractivity contribution < 1.29 is 18.0 Å². The number of nitrogens with one attached hydrogen (secondary N) is 1. The minimum absolute atomic E-state index is 0.0537. The summed E-state index contributed by atoms with van der Waals surface area (Å²) in [5.41, 5.74) is 4.29. The molecule has 0 aliphatic heterocycles. The van der Waals surface area contributed by atoms with Crippen LogP contribution in [0.1, 0.15) is 19.4 Å². The lowest BCUT2D eigenvalue weighted by atomic mass is 10.2. The highest BCUT2D eigenvalue weighted by Crippen LogP contribution is 2.33. The van der Waals surface area contributed by atoms with Crippen molar-refractivity contribution in [3.8, 4) is 0 Å². The molecule has 0 unspecified atom stereocenters. The molecule has 0 spiro atoms. The smallest absolute Gasteiger partial charge is 0.373 e. The number of primary amides is 1. The molecule has 0 radical (unpaired) electrons. The summed E-state index contributed by atoms with van der Waals surface area (Å²) in [6.07, 6.45) is -4.49. The van der Waals surface area contributed by atoms with Crippen molar-refractivity contribution in [1.29, 1.82) is 0 Å². The number of nitrogens with two attached hydrogens (primary N) is 1. The van der Waals surface area contributed by atoms with Gasteiger partial charge in [-0.3, -0.25) is 4.79 Å². The largest absolute Gasteiger partial charge is 0.416 e. The van der Waals surface area contributed by atoms with E-state index in [2.05, 4.69) is 10.3 Å². The third-order valence-electron chi connectivity index (χ3n) is 2.64. The first-order chi connectivity index (χ1) is 9.15. The van der Waals surface area contributed by atoms with Gasteiger partial charge in [0.15, 0.2) is 0 Å². The van der Waals surface area contributed by atoms with Crippen molar-refractivity contribution in [3.05, 3.63) is 17.7 Å². The molecule has 0 saturated heterocycles. The van der Waals surface area contributed by atoms with Gasteiger partial charge in [-0.25, -0.2) is 4.98 Å². The van der Waals surface area contributed by atoms with Gasteiger partial charge in [0, 0.05) is 13.1 Å². The van der Waals surface area contributed by atoms with Gasteiger partial charge in [-0.2, -0.15) is 13.2 Å². The highest BCUT2D eigenvalue weighted by molar-refractivity contribution is 5.79. The average molecular weight is 290 g/mol. The molecular formula is C12H17F3N4O. The van der Waals surface area contributed by atoms with E-state index in [9.17, 15) is 18.0 Å². The van der Waals surface area contributed by atoms with Crippen LogP contribution in [0.3, 0.4) is 0 Å². The number of alkyl halides is 3. The van der Waals surface area contributed by atoms with Crippen molar-refractivity contribution in [2.24, 2.45) is 5.73 Å². The van der Waals surface area contributed by atoms with Crippen LogP contribution in [0.4, 0.5) is 24.8 Å². The second-order valence-corrected chi connectivity index (χ2v) is 4.53. The molecule has 0 bridgehead atoms. The molecule has 5 nitrogen and oxygen atoms in total. The predicted octanol–water partition coefficient (Wildman–Crippen LogP) is 1.84. The summed E-state index contributed by atoms with van der Waals surface area (Å²) in [7, 11) is 1.47. The molecule has 8 heteroatoms. The van der Waals surface area contributed by atoms with Crippen LogP contribution in [0, 0.1) is 0 Å². The topological polar surface area (TPSA) is 71.2 Å². The summed E-state index contributed by atoms with van der Waals surface area (Å²) < 4.78 is 38.5. The van der Waals surface area contributed by atoms with Crippen LogP contribution >= 0.6 is 0 Å². The molecule has 3 N–H and O–H groups in total. The van der Waals surface area contributed by atoms with Crippen LogP contribution < -0.4 is 16.0 Å². The molecule has 1 rings (SSSR count). The molecule has 0 saturated carbocycles. The van der Waals surface area contributed by atoms with Crippen molar-refractivity contribution in [3.63, 3.8) is 0 Å². The molecule has 1 aromatic rings. The van der Waals surface area contributed by atoms with E-state index < -0.39 is 17.6 Å². The van der Waals surface area contributed by atoms with Crippen LogP contribution in [0.15, 0.2) is 12.1 Å². The highest BCUT2D eigenvalue weighted by atomic mass is 19.4. The number of hydrogen-bond acceptors (Lipinski definition) is 4. The molecule has 20 heavy (non-hydrogen) atoms. The number of rotatable bonds is 5. The number of carbonyl (C=O) groups is 1. The van der Waals surface area contributed by atoms with Gasteiger partial charge in [-0.1, -0.05) is 0 Å². The Balaban J connectivity index is 3.30. The Labute approximate surface area is 115 Å². The molecule has 1 heterocycles. The zero-order valence-electron chi connectivity index (χ0n) is 11.5. The summed E-state index contributed by atoms with van der Waals surface area (Å²) in [6, 6.07) is 1.60. The van der Waals surface area contributed by atoms with Gasteiger partial charge >= 0.3 is 6.18 Å². The number of aromatic nitrogens is 1. The van der Waals surface area contributed by atoms with Gasteiger partial charge in [-0.05, 0) is 26.0 Å². The van der Waals surface area contributed by atoms with Crippen LogP contribution in [0.5, 0.6) is 0 Å². The third kappa shape index (κ3) is 4.01. The summed E-state index contributed by atoms with van der Waals surface area (Å²) in [5.74, 6) is -0.508. The van der Waals surface area contributed by atoms with Crippen molar-refractivity contribution in [2.75, 3.05) is 23.8 Å². The van der Waals surface area contributed by atoms with Crippen LogP contribution in [0.25, 0.3) is 0 Å². The van der Waals surface area contributed by atoms with E-state index in [-0.39, 0.29) is 24.2 Å². The standard InChI is InChI=1S/C12H17F3N4O/c1-7(2)19(6-9(16)20)11-5-8(12(13,14)15)4-10(17-3)18-11/h4-5,7H,6H2,1-3H3,(H2,16,20)(H,17,18). The maximum absolute atomic E-state index is 12.8. The van der Waals surface area contributed by atoms with Gasteiger partial charge in [0.1, 0.15) is 11.6 Å². The van der Waals surface area contributed by atoms with E-state index in [1.165, 1.54) is 11.9 Å². The molecule has 112 valence electrons. The Hall–Kier alpha value is -1.99. The molecule has 0 aromatic carbocycles. The van der Waals surface area contributed by atoms with E-state index in [0.717, 1.165) is 12.1 Å².